The van der Waals surface area contributed by atoms with E-state index in [1.165, 1.54) is 0 Å². The van der Waals surface area contributed by atoms with Gasteiger partial charge in [-0.2, -0.15) is 17.5 Å². The van der Waals surface area contributed by atoms with Gasteiger partial charge in [-0.05, 0) is 12.3 Å². The van der Waals surface area contributed by atoms with Crippen molar-refractivity contribution in [3.8, 4) is 0 Å². The van der Waals surface area contributed by atoms with Crippen molar-refractivity contribution in [1.82, 2.24) is 4.31 Å². The topological polar surface area (TPSA) is 37.4 Å². The van der Waals surface area contributed by atoms with E-state index in [1.807, 2.05) is 0 Å². The lowest BCUT2D eigenvalue weighted by Gasteiger charge is -2.17. The van der Waals surface area contributed by atoms with E-state index in [2.05, 4.69) is 0 Å². The summed E-state index contributed by atoms with van der Waals surface area (Å²) in [6.45, 7) is 1.68. The Labute approximate surface area is 74.6 Å². The van der Waals surface area contributed by atoms with Gasteiger partial charge in [-0.1, -0.05) is 6.92 Å². The molecule has 0 bridgehead atoms. The highest BCUT2D eigenvalue weighted by Gasteiger charge is 2.51. The van der Waals surface area contributed by atoms with Crippen LogP contribution in [0.25, 0.3) is 0 Å². The Kier molecular flexibility index (Phi) is 2.59. The monoisotopic (exact) mass is 217 g/mol. The van der Waals surface area contributed by atoms with Crippen molar-refractivity contribution >= 4 is 10.0 Å². The van der Waals surface area contributed by atoms with Crippen LogP contribution >= 0.6 is 0 Å². The van der Waals surface area contributed by atoms with Gasteiger partial charge in [0.15, 0.2) is 0 Å². The molecule has 1 saturated heterocycles. The van der Waals surface area contributed by atoms with Crippen molar-refractivity contribution in [2.75, 3.05) is 13.1 Å². The lowest BCUT2D eigenvalue weighted by molar-refractivity contribution is -0.0484. The third kappa shape index (κ3) is 1.96. The number of alkyl halides is 3. The first-order valence-electron chi connectivity index (χ1n) is 3.81. The molecule has 7 heteroatoms. The van der Waals surface area contributed by atoms with Crippen LogP contribution in [0, 0.1) is 5.92 Å². The zero-order chi connectivity index (χ0) is 10.3. The summed E-state index contributed by atoms with van der Waals surface area (Å²) in [7, 11) is -5.08. The molecule has 1 rings (SSSR count). The van der Waals surface area contributed by atoms with Crippen molar-refractivity contribution in [1.29, 1.82) is 0 Å². The summed E-state index contributed by atoms with van der Waals surface area (Å²) < 4.78 is 58.0. The maximum atomic E-state index is 12.0. The fourth-order valence-electron chi connectivity index (χ4n) is 1.26. The Hall–Kier alpha value is -0.300. The molecule has 0 aromatic rings. The summed E-state index contributed by atoms with van der Waals surface area (Å²) >= 11 is 0. The molecule has 0 saturated carbocycles. The first kappa shape index (κ1) is 10.8. The largest absolute Gasteiger partial charge is 0.511 e. The SMILES string of the molecule is CC1CCN(S(=O)(=O)C(F)(F)F)C1. The zero-order valence-corrected chi connectivity index (χ0v) is 7.82. The highest BCUT2D eigenvalue weighted by molar-refractivity contribution is 7.90. The van der Waals surface area contributed by atoms with Crippen molar-refractivity contribution < 1.29 is 21.6 Å². The predicted octanol–water partition coefficient (Wildman–Crippen LogP) is 1.18. The van der Waals surface area contributed by atoms with Gasteiger partial charge in [-0.15, -0.1) is 0 Å². The second-order valence-corrected chi connectivity index (χ2v) is 5.13. The lowest BCUT2D eigenvalue weighted by Crippen LogP contribution is -2.39. The van der Waals surface area contributed by atoms with Crippen molar-refractivity contribution in [2.24, 2.45) is 5.92 Å². The van der Waals surface area contributed by atoms with Gasteiger partial charge >= 0.3 is 15.5 Å². The van der Waals surface area contributed by atoms with Crippen LogP contribution in [0.5, 0.6) is 0 Å². The minimum absolute atomic E-state index is 0.0112. The standard InChI is InChI=1S/C6H10F3NO2S/c1-5-2-3-10(4-5)13(11,12)6(7,8)9/h5H,2-4H2,1H3. The molecule has 0 spiro atoms. The zero-order valence-electron chi connectivity index (χ0n) is 7.00. The normalized spacial score (nSPS) is 26.6. The molecule has 1 unspecified atom stereocenters. The average molecular weight is 217 g/mol. The van der Waals surface area contributed by atoms with Gasteiger partial charge < -0.3 is 0 Å². The third-order valence-corrected chi connectivity index (χ3v) is 3.62. The van der Waals surface area contributed by atoms with Gasteiger partial charge in [0.1, 0.15) is 0 Å². The molecular formula is C6H10F3NO2S. The summed E-state index contributed by atoms with van der Waals surface area (Å²) in [5.74, 6) is 0.0112. The van der Waals surface area contributed by atoms with E-state index in [1.54, 1.807) is 6.92 Å². The highest BCUT2D eigenvalue weighted by atomic mass is 32.2. The summed E-state index contributed by atoms with van der Waals surface area (Å²) in [6.07, 6.45) is 0.495. The van der Waals surface area contributed by atoms with Crippen molar-refractivity contribution in [3.05, 3.63) is 0 Å². The van der Waals surface area contributed by atoms with Crippen LogP contribution in [0.4, 0.5) is 13.2 Å². The van der Waals surface area contributed by atoms with Crippen LogP contribution in [0.2, 0.25) is 0 Å². The van der Waals surface area contributed by atoms with Crippen LogP contribution in [-0.4, -0.2) is 31.3 Å². The first-order valence-corrected chi connectivity index (χ1v) is 5.25. The van der Waals surface area contributed by atoms with Crippen LogP contribution in [-0.2, 0) is 10.0 Å². The average Bonchev–Trinajstić information content (AvgIpc) is 2.33. The van der Waals surface area contributed by atoms with E-state index in [9.17, 15) is 21.6 Å². The van der Waals surface area contributed by atoms with Gasteiger partial charge in [-0.25, -0.2) is 8.42 Å². The van der Waals surface area contributed by atoms with E-state index in [0.717, 1.165) is 0 Å². The van der Waals surface area contributed by atoms with Crippen molar-refractivity contribution in [3.63, 3.8) is 0 Å². The molecular weight excluding hydrogens is 207 g/mol. The molecule has 1 heterocycles. The fourth-order valence-corrected chi connectivity index (χ4v) is 2.35. The molecule has 1 aliphatic heterocycles. The summed E-state index contributed by atoms with van der Waals surface area (Å²) in [6, 6.07) is 0. The van der Waals surface area contributed by atoms with Gasteiger partial charge in [-0.3, -0.25) is 0 Å². The highest BCUT2D eigenvalue weighted by Crippen LogP contribution is 2.30. The first-order chi connectivity index (χ1) is 5.75. The molecule has 0 N–H and O–H groups in total. The number of sulfonamides is 1. The van der Waals surface area contributed by atoms with Crippen LogP contribution < -0.4 is 0 Å². The molecule has 0 aromatic carbocycles. The summed E-state index contributed by atoms with van der Waals surface area (Å²) in [5.41, 5.74) is -5.16. The molecule has 0 aliphatic carbocycles. The third-order valence-electron chi connectivity index (χ3n) is 2.02. The van der Waals surface area contributed by atoms with Crippen molar-refractivity contribution in [2.45, 2.75) is 18.9 Å². The Morgan fingerprint density at radius 3 is 2.23 bits per heavy atom. The Morgan fingerprint density at radius 2 is 1.92 bits per heavy atom. The molecule has 1 fully saturated rings. The molecule has 0 aromatic heterocycles. The minimum atomic E-state index is -5.16. The number of rotatable bonds is 1. The smallest absolute Gasteiger partial charge is 0.203 e. The molecule has 0 amide bonds. The van der Waals surface area contributed by atoms with E-state index in [-0.39, 0.29) is 19.0 Å². The number of hydrogen-bond acceptors (Lipinski definition) is 2. The summed E-state index contributed by atoms with van der Waals surface area (Å²) in [5, 5.41) is 0. The van der Waals surface area contributed by atoms with Crippen LogP contribution in [0.3, 0.4) is 0 Å². The lowest BCUT2D eigenvalue weighted by atomic mass is 10.2. The second kappa shape index (κ2) is 3.13. The summed E-state index contributed by atoms with van der Waals surface area (Å²) in [4.78, 5) is 0. The predicted molar refractivity (Wildman–Crippen MR) is 40.3 cm³/mol. The van der Waals surface area contributed by atoms with E-state index >= 15 is 0 Å². The maximum absolute atomic E-state index is 12.0. The molecule has 3 nitrogen and oxygen atoms in total. The van der Waals surface area contributed by atoms with Gasteiger partial charge in [0.25, 0.3) is 0 Å². The molecule has 13 heavy (non-hydrogen) atoms. The van der Waals surface area contributed by atoms with Gasteiger partial charge in [0, 0.05) is 13.1 Å². The number of hydrogen-bond donors (Lipinski definition) is 0. The van der Waals surface area contributed by atoms with Crippen LogP contribution in [0.15, 0.2) is 0 Å². The van der Waals surface area contributed by atoms with E-state index < -0.39 is 15.5 Å². The quantitative estimate of drug-likeness (QED) is 0.661. The maximum Gasteiger partial charge on any atom is 0.511 e. The van der Waals surface area contributed by atoms with Gasteiger partial charge in [0.05, 0.1) is 0 Å². The second-order valence-electron chi connectivity index (χ2n) is 3.20. The minimum Gasteiger partial charge on any atom is -0.203 e. The molecule has 78 valence electrons. The molecule has 1 aliphatic rings. The fraction of sp³-hybridized carbons (Fsp3) is 1.00. The Bertz CT molecular complexity index is 285. The molecule has 1 atom stereocenters. The number of halogens is 3. The van der Waals surface area contributed by atoms with E-state index in [0.29, 0.717) is 10.7 Å². The Balaban J connectivity index is 2.84. The van der Waals surface area contributed by atoms with Crippen LogP contribution in [0.1, 0.15) is 13.3 Å². The Morgan fingerprint density at radius 1 is 1.38 bits per heavy atom. The number of nitrogens with zero attached hydrogens (tertiary/aromatic N) is 1. The van der Waals surface area contributed by atoms with Gasteiger partial charge in [0.2, 0.25) is 0 Å². The van der Waals surface area contributed by atoms with E-state index in [4.69, 9.17) is 0 Å². The molecule has 0 radical (unpaired) electrons.